The second-order valence-corrected chi connectivity index (χ2v) is 8.47. The molecule has 0 aliphatic carbocycles. The van der Waals surface area contributed by atoms with E-state index >= 15 is 0 Å². The number of rotatable bonds is 7. The van der Waals surface area contributed by atoms with E-state index in [0.29, 0.717) is 24.3 Å². The molecule has 29 heavy (non-hydrogen) atoms. The summed E-state index contributed by atoms with van der Waals surface area (Å²) in [7, 11) is -3.68. The van der Waals surface area contributed by atoms with Crippen molar-refractivity contribution in [1.29, 1.82) is 0 Å². The van der Waals surface area contributed by atoms with Gasteiger partial charge in [-0.2, -0.15) is 4.31 Å². The lowest BCUT2D eigenvalue weighted by Gasteiger charge is -2.18. The van der Waals surface area contributed by atoms with Crippen molar-refractivity contribution in [2.75, 3.05) is 18.4 Å². The Balaban J connectivity index is 1.91. The highest BCUT2D eigenvalue weighted by molar-refractivity contribution is 7.89. The number of carbonyl (C=O) groups excluding carboxylic acids is 1. The summed E-state index contributed by atoms with van der Waals surface area (Å²) < 4.78 is 33.1. The van der Waals surface area contributed by atoms with E-state index in [1.165, 1.54) is 27.1 Å². The van der Waals surface area contributed by atoms with E-state index < -0.39 is 15.8 Å². The molecule has 0 atom stereocenters. The summed E-state index contributed by atoms with van der Waals surface area (Å²) >= 11 is 0. The number of nitrogens with one attached hydrogen (secondary N) is 1. The first-order valence-corrected chi connectivity index (χ1v) is 10.7. The summed E-state index contributed by atoms with van der Waals surface area (Å²) in [6.45, 7) is 5.80. The van der Waals surface area contributed by atoms with E-state index in [9.17, 15) is 18.0 Å². The molecule has 1 aromatic heterocycles. The third kappa shape index (κ3) is 4.10. The van der Waals surface area contributed by atoms with Crippen molar-refractivity contribution >= 4 is 32.7 Å². The van der Waals surface area contributed by atoms with Gasteiger partial charge in [-0.3, -0.25) is 9.36 Å². The molecule has 0 saturated heterocycles. The third-order valence-electron chi connectivity index (χ3n) is 4.70. The van der Waals surface area contributed by atoms with Gasteiger partial charge in [-0.1, -0.05) is 32.0 Å². The van der Waals surface area contributed by atoms with E-state index in [0.717, 1.165) is 5.56 Å². The molecule has 8 nitrogen and oxygen atoms in total. The van der Waals surface area contributed by atoms with Crippen molar-refractivity contribution in [3.63, 3.8) is 0 Å². The lowest BCUT2D eigenvalue weighted by atomic mass is 10.2. The summed E-state index contributed by atoms with van der Waals surface area (Å²) in [6, 6.07) is 11.5. The minimum atomic E-state index is -3.68. The van der Waals surface area contributed by atoms with Crippen molar-refractivity contribution < 1.29 is 17.6 Å². The molecule has 0 aliphatic heterocycles. The zero-order chi connectivity index (χ0) is 21.2. The summed E-state index contributed by atoms with van der Waals surface area (Å²) in [4.78, 5) is 24.7. The van der Waals surface area contributed by atoms with Gasteiger partial charge in [-0.05, 0) is 30.7 Å². The van der Waals surface area contributed by atoms with Crippen LogP contribution in [0.3, 0.4) is 0 Å². The second-order valence-electron chi connectivity index (χ2n) is 6.54. The highest BCUT2D eigenvalue weighted by Crippen LogP contribution is 2.22. The fraction of sp³-hybridized carbons (Fsp3) is 0.300. The minimum Gasteiger partial charge on any atom is -0.408 e. The van der Waals surface area contributed by atoms with Crippen LogP contribution in [-0.4, -0.2) is 36.3 Å². The topological polar surface area (TPSA) is 102 Å². The third-order valence-corrected chi connectivity index (χ3v) is 6.75. The highest BCUT2D eigenvalue weighted by atomic mass is 32.2. The van der Waals surface area contributed by atoms with E-state index in [2.05, 4.69) is 5.32 Å². The number of aryl methyl sites for hydroxylation is 1. The molecule has 0 unspecified atom stereocenters. The molecular weight excluding hydrogens is 394 g/mol. The van der Waals surface area contributed by atoms with Gasteiger partial charge in [0, 0.05) is 24.8 Å². The van der Waals surface area contributed by atoms with E-state index in [1.54, 1.807) is 26.0 Å². The molecule has 9 heteroatoms. The Labute approximate surface area is 168 Å². The summed E-state index contributed by atoms with van der Waals surface area (Å²) in [5.74, 6) is -1.11. The van der Waals surface area contributed by atoms with Crippen LogP contribution in [-0.2, 0) is 21.4 Å². The largest absolute Gasteiger partial charge is 0.420 e. The van der Waals surface area contributed by atoms with Crippen LogP contribution < -0.4 is 11.1 Å². The molecule has 0 aliphatic rings. The van der Waals surface area contributed by atoms with Gasteiger partial charge in [0.2, 0.25) is 15.9 Å². The number of hydrogen-bond acceptors (Lipinski definition) is 5. The van der Waals surface area contributed by atoms with Crippen LogP contribution in [0.2, 0.25) is 0 Å². The molecule has 0 fully saturated rings. The van der Waals surface area contributed by atoms with Crippen molar-refractivity contribution in [3.8, 4) is 0 Å². The number of fused-ring (bicyclic) bond motifs is 1. The fourth-order valence-corrected chi connectivity index (χ4v) is 4.59. The number of amides is 1. The Morgan fingerprint density at radius 1 is 1.14 bits per heavy atom. The SMILES string of the molecule is CCN(CC)S(=O)(=O)c1ccc2c(c1)oc(=O)n2CC(=O)Nc1ccccc1C. The Hall–Kier alpha value is -2.91. The summed E-state index contributed by atoms with van der Waals surface area (Å²) in [5.41, 5.74) is 2.03. The Kier molecular flexibility index (Phi) is 5.90. The molecular formula is C20H23N3O5S. The molecule has 0 radical (unpaired) electrons. The lowest BCUT2D eigenvalue weighted by molar-refractivity contribution is -0.116. The predicted octanol–water partition coefficient (Wildman–Crippen LogP) is 2.57. The lowest BCUT2D eigenvalue weighted by Crippen LogP contribution is -2.30. The van der Waals surface area contributed by atoms with Crippen molar-refractivity contribution in [3.05, 3.63) is 58.6 Å². The quantitative estimate of drug-likeness (QED) is 0.637. The van der Waals surface area contributed by atoms with E-state index in [4.69, 9.17) is 4.42 Å². The maximum atomic E-state index is 12.7. The molecule has 1 amide bonds. The molecule has 0 bridgehead atoms. The number of oxazole rings is 1. The van der Waals surface area contributed by atoms with E-state index in [1.807, 2.05) is 19.1 Å². The van der Waals surface area contributed by atoms with Crippen LogP contribution in [0.15, 0.2) is 56.6 Å². The monoisotopic (exact) mass is 417 g/mol. The van der Waals surface area contributed by atoms with Gasteiger partial charge in [0.1, 0.15) is 6.54 Å². The van der Waals surface area contributed by atoms with Crippen LogP contribution in [0.4, 0.5) is 5.69 Å². The highest BCUT2D eigenvalue weighted by Gasteiger charge is 2.23. The number of hydrogen-bond donors (Lipinski definition) is 1. The van der Waals surface area contributed by atoms with Gasteiger partial charge in [0.25, 0.3) is 0 Å². The number of anilines is 1. The van der Waals surface area contributed by atoms with Crippen molar-refractivity contribution in [2.45, 2.75) is 32.2 Å². The zero-order valence-corrected chi connectivity index (χ0v) is 17.3. The van der Waals surface area contributed by atoms with Crippen molar-refractivity contribution in [1.82, 2.24) is 8.87 Å². The molecule has 3 rings (SSSR count). The summed E-state index contributed by atoms with van der Waals surface area (Å²) in [6.07, 6.45) is 0. The average Bonchev–Trinajstić information content (AvgIpc) is 2.99. The molecule has 2 aromatic carbocycles. The predicted molar refractivity (Wildman–Crippen MR) is 110 cm³/mol. The average molecular weight is 417 g/mol. The van der Waals surface area contributed by atoms with Crippen LogP contribution in [0, 0.1) is 6.92 Å². The second kappa shape index (κ2) is 8.22. The number of sulfonamides is 1. The molecule has 3 aromatic rings. The van der Waals surface area contributed by atoms with Gasteiger partial charge in [-0.15, -0.1) is 0 Å². The van der Waals surface area contributed by atoms with E-state index in [-0.39, 0.29) is 22.9 Å². The first kappa shape index (κ1) is 20.8. The normalized spacial score (nSPS) is 11.9. The maximum absolute atomic E-state index is 12.7. The first-order valence-electron chi connectivity index (χ1n) is 9.27. The van der Waals surface area contributed by atoms with Gasteiger partial charge >= 0.3 is 5.76 Å². The van der Waals surface area contributed by atoms with Crippen LogP contribution >= 0.6 is 0 Å². The zero-order valence-electron chi connectivity index (χ0n) is 16.5. The number of nitrogens with zero attached hydrogens (tertiary/aromatic N) is 2. The fourth-order valence-electron chi connectivity index (χ4n) is 3.12. The standard InChI is InChI=1S/C20H23N3O5S/c1-4-22(5-2)29(26,27)15-10-11-17-18(12-15)28-20(25)23(17)13-19(24)21-16-9-7-6-8-14(16)3/h6-12H,4-5,13H2,1-3H3,(H,21,24). The van der Waals surface area contributed by atoms with Crippen molar-refractivity contribution in [2.24, 2.45) is 0 Å². The van der Waals surface area contributed by atoms with Crippen LogP contribution in [0.5, 0.6) is 0 Å². The van der Waals surface area contributed by atoms with Gasteiger partial charge in [0.15, 0.2) is 5.58 Å². The number of benzene rings is 2. The number of carbonyl (C=O) groups is 1. The molecule has 0 saturated carbocycles. The minimum absolute atomic E-state index is 0.0407. The van der Waals surface area contributed by atoms with Crippen LogP contribution in [0.25, 0.3) is 11.1 Å². The molecule has 154 valence electrons. The number of aromatic nitrogens is 1. The number of para-hydroxylation sites is 1. The van der Waals surface area contributed by atoms with Gasteiger partial charge < -0.3 is 9.73 Å². The Bertz CT molecular complexity index is 1210. The maximum Gasteiger partial charge on any atom is 0.420 e. The van der Waals surface area contributed by atoms with Gasteiger partial charge in [0.05, 0.1) is 10.4 Å². The molecule has 1 heterocycles. The molecule has 1 N–H and O–H groups in total. The molecule has 0 spiro atoms. The Morgan fingerprint density at radius 3 is 2.48 bits per heavy atom. The Morgan fingerprint density at radius 2 is 1.83 bits per heavy atom. The smallest absolute Gasteiger partial charge is 0.408 e. The van der Waals surface area contributed by atoms with Gasteiger partial charge in [-0.25, -0.2) is 13.2 Å². The summed E-state index contributed by atoms with van der Waals surface area (Å²) in [5, 5.41) is 2.76. The van der Waals surface area contributed by atoms with Crippen LogP contribution in [0.1, 0.15) is 19.4 Å². The first-order chi connectivity index (χ1) is 13.8.